The molecule has 0 atom stereocenters. The number of anilines is 1. The maximum Gasteiger partial charge on any atom is 0.150 e. The standard InChI is InChI=1S/C20H20N2O2/c1-2-8-15(9-3-1)23-20-13-7-5-11-17(20)21-14-18-16-10-4-6-12-19(16)24-22-18/h1-3,5,7-9,11,13,21H,4,6,10,12,14H2. The van der Waals surface area contributed by atoms with Crippen LogP contribution in [0, 0.1) is 0 Å². The first-order valence-corrected chi connectivity index (χ1v) is 8.42. The first-order valence-electron chi connectivity index (χ1n) is 8.42. The summed E-state index contributed by atoms with van der Waals surface area (Å²) in [6, 6.07) is 17.8. The first kappa shape index (κ1) is 14.8. The molecule has 4 rings (SSSR count). The topological polar surface area (TPSA) is 47.3 Å². The number of aryl methyl sites for hydroxylation is 1. The molecule has 0 amide bonds. The van der Waals surface area contributed by atoms with Crippen LogP contribution in [0.4, 0.5) is 5.69 Å². The van der Waals surface area contributed by atoms with Crippen molar-refractivity contribution in [2.45, 2.75) is 32.2 Å². The fourth-order valence-electron chi connectivity index (χ4n) is 3.08. The number of hydrogen-bond donors (Lipinski definition) is 1. The third-order valence-electron chi connectivity index (χ3n) is 4.34. The van der Waals surface area contributed by atoms with E-state index in [4.69, 9.17) is 9.26 Å². The van der Waals surface area contributed by atoms with E-state index < -0.39 is 0 Å². The average molecular weight is 320 g/mol. The van der Waals surface area contributed by atoms with Crippen molar-refractivity contribution in [2.75, 3.05) is 5.32 Å². The second-order valence-electron chi connectivity index (χ2n) is 6.00. The van der Waals surface area contributed by atoms with Crippen molar-refractivity contribution in [2.24, 2.45) is 0 Å². The highest BCUT2D eigenvalue weighted by Crippen LogP contribution is 2.30. The molecule has 0 saturated carbocycles. The van der Waals surface area contributed by atoms with Gasteiger partial charge in [0.1, 0.15) is 17.2 Å². The smallest absolute Gasteiger partial charge is 0.150 e. The predicted octanol–water partition coefficient (Wildman–Crippen LogP) is 4.96. The van der Waals surface area contributed by atoms with Gasteiger partial charge in [0.05, 0.1) is 12.2 Å². The second-order valence-corrected chi connectivity index (χ2v) is 6.00. The van der Waals surface area contributed by atoms with Gasteiger partial charge in [0.2, 0.25) is 0 Å². The van der Waals surface area contributed by atoms with Gasteiger partial charge in [-0.25, -0.2) is 0 Å². The van der Waals surface area contributed by atoms with Crippen molar-refractivity contribution in [3.8, 4) is 11.5 Å². The molecule has 0 fully saturated rings. The maximum absolute atomic E-state index is 5.99. The summed E-state index contributed by atoms with van der Waals surface area (Å²) in [6.07, 6.45) is 4.49. The van der Waals surface area contributed by atoms with Crippen molar-refractivity contribution in [1.82, 2.24) is 5.16 Å². The molecule has 0 aliphatic heterocycles. The van der Waals surface area contributed by atoms with E-state index in [1.54, 1.807) is 0 Å². The van der Waals surface area contributed by atoms with Gasteiger partial charge in [-0.15, -0.1) is 0 Å². The van der Waals surface area contributed by atoms with Crippen molar-refractivity contribution < 1.29 is 9.26 Å². The molecule has 0 radical (unpaired) electrons. The van der Waals surface area contributed by atoms with E-state index in [-0.39, 0.29) is 0 Å². The molecule has 122 valence electrons. The van der Waals surface area contributed by atoms with Crippen LogP contribution in [0.2, 0.25) is 0 Å². The Bertz CT molecular complexity index is 812. The maximum atomic E-state index is 5.99. The summed E-state index contributed by atoms with van der Waals surface area (Å²) in [5.41, 5.74) is 3.25. The number of rotatable bonds is 5. The molecule has 1 heterocycles. The van der Waals surface area contributed by atoms with Gasteiger partial charge >= 0.3 is 0 Å². The van der Waals surface area contributed by atoms with Gasteiger partial charge in [0.15, 0.2) is 5.75 Å². The summed E-state index contributed by atoms with van der Waals surface area (Å²) < 4.78 is 11.5. The Kier molecular flexibility index (Phi) is 4.19. The number of benzene rings is 2. The Morgan fingerprint density at radius 2 is 1.75 bits per heavy atom. The minimum absolute atomic E-state index is 0.647. The molecule has 0 unspecified atom stereocenters. The Morgan fingerprint density at radius 3 is 2.67 bits per heavy atom. The molecule has 4 heteroatoms. The monoisotopic (exact) mass is 320 g/mol. The summed E-state index contributed by atoms with van der Waals surface area (Å²) in [5.74, 6) is 2.69. The molecular formula is C20H20N2O2. The summed E-state index contributed by atoms with van der Waals surface area (Å²) in [6.45, 7) is 0.647. The lowest BCUT2D eigenvalue weighted by atomic mass is 9.96. The Morgan fingerprint density at radius 1 is 0.958 bits per heavy atom. The van der Waals surface area contributed by atoms with Gasteiger partial charge in [-0.1, -0.05) is 35.5 Å². The number of aromatic nitrogens is 1. The van der Waals surface area contributed by atoms with E-state index in [1.165, 1.54) is 18.4 Å². The summed E-state index contributed by atoms with van der Waals surface area (Å²) in [4.78, 5) is 0. The molecule has 0 saturated heterocycles. The number of ether oxygens (including phenoxy) is 1. The van der Waals surface area contributed by atoms with Crippen LogP contribution in [0.25, 0.3) is 0 Å². The van der Waals surface area contributed by atoms with E-state index in [1.807, 2.05) is 54.6 Å². The third kappa shape index (κ3) is 3.13. The molecule has 1 aromatic heterocycles. The van der Waals surface area contributed by atoms with Crippen LogP contribution in [0.5, 0.6) is 11.5 Å². The van der Waals surface area contributed by atoms with Gasteiger partial charge in [-0.2, -0.15) is 0 Å². The minimum atomic E-state index is 0.647. The van der Waals surface area contributed by atoms with E-state index in [0.717, 1.165) is 41.5 Å². The number of hydrogen-bond acceptors (Lipinski definition) is 4. The lowest BCUT2D eigenvalue weighted by Crippen LogP contribution is -2.06. The Labute approximate surface area is 141 Å². The third-order valence-corrected chi connectivity index (χ3v) is 4.34. The van der Waals surface area contributed by atoms with Crippen molar-refractivity contribution in [1.29, 1.82) is 0 Å². The van der Waals surface area contributed by atoms with Crippen molar-refractivity contribution in [3.05, 3.63) is 71.6 Å². The number of nitrogens with one attached hydrogen (secondary N) is 1. The number of nitrogens with zero attached hydrogens (tertiary/aromatic N) is 1. The fourth-order valence-corrected chi connectivity index (χ4v) is 3.08. The fraction of sp³-hybridized carbons (Fsp3) is 0.250. The van der Waals surface area contributed by atoms with Crippen LogP contribution in [-0.2, 0) is 19.4 Å². The van der Waals surface area contributed by atoms with Crippen LogP contribution >= 0.6 is 0 Å². The summed E-state index contributed by atoms with van der Waals surface area (Å²) >= 11 is 0. The van der Waals surface area contributed by atoms with Gasteiger partial charge in [-0.05, 0) is 43.5 Å². The van der Waals surface area contributed by atoms with Crippen LogP contribution in [0.1, 0.15) is 29.9 Å². The molecule has 1 aliphatic rings. The molecule has 0 bridgehead atoms. The van der Waals surface area contributed by atoms with Crippen LogP contribution in [-0.4, -0.2) is 5.16 Å². The summed E-state index contributed by atoms with van der Waals surface area (Å²) in [5, 5.41) is 7.69. The molecule has 3 aromatic rings. The SMILES string of the molecule is c1ccc(Oc2ccccc2NCc2noc3c2CCCC3)cc1. The van der Waals surface area contributed by atoms with Crippen LogP contribution in [0.15, 0.2) is 59.1 Å². The zero-order valence-corrected chi connectivity index (χ0v) is 13.5. The molecule has 2 aromatic carbocycles. The molecule has 4 nitrogen and oxygen atoms in total. The highest BCUT2D eigenvalue weighted by Gasteiger charge is 2.19. The van der Waals surface area contributed by atoms with E-state index in [2.05, 4.69) is 10.5 Å². The second kappa shape index (κ2) is 6.79. The van der Waals surface area contributed by atoms with Crippen LogP contribution in [0.3, 0.4) is 0 Å². The Balaban J connectivity index is 1.50. The van der Waals surface area contributed by atoms with Crippen molar-refractivity contribution >= 4 is 5.69 Å². The predicted molar refractivity (Wildman–Crippen MR) is 93.4 cm³/mol. The zero-order valence-electron chi connectivity index (χ0n) is 13.5. The molecular weight excluding hydrogens is 300 g/mol. The van der Waals surface area contributed by atoms with Gasteiger partial charge in [0, 0.05) is 12.0 Å². The van der Waals surface area contributed by atoms with Crippen molar-refractivity contribution in [3.63, 3.8) is 0 Å². The normalized spacial score (nSPS) is 13.3. The van der Waals surface area contributed by atoms with Crippen LogP contribution < -0.4 is 10.1 Å². The van der Waals surface area contributed by atoms with E-state index in [9.17, 15) is 0 Å². The number of fused-ring (bicyclic) bond motifs is 1. The van der Waals surface area contributed by atoms with E-state index in [0.29, 0.717) is 6.54 Å². The van der Waals surface area contributed by atoms with Gasteiger partial charge < -0.3 is 14.6 Å². The molecule has 24 heavy (non-hydrogen) atoms. The highest BCUT2D eigenvalue weighted by atomic mass is 16.5. The lowest BCUT2D eigenvalue weighted by molar-refractivity contribution is 0.368. The van der Waals surface area contributed by atoms with E-state index >= 15 is 0 Å². The minimum Gasteiger partial charge on any atom is -0.455 e. The quantitative estimate of drug-likeness (QED) is 0.722. The first-order chi connectivity index (χ1) is 11.9. The van der Waals surface area contributed by atoms with Gasteiger partial charge in [-0.3, -0.25) is 0 Å². The lowest BCUT2D eigenvalue weighted by Gasteiger charge is -2.13. The summed E-state index contributed by atoms with van der Waals surface area (Å²) in [7, 11) is 0. The molecule has 1 aliphatic carbocycles. The molecule has 1 N–H and O–H groups in total. The zero-order chi connectivity index (χ0) is 16.2. The number of para-hydroxylation sites is 3. The highest BCUT2D eigenvalue weighted by molar-refractivity contribution is 5.57. The largest absolute Gasteiger partial charge is 0.455 e. The van der Waals surface area contributed by atoms with Gasteiger partial charge in [0.25, 0.3) is 0 Å². The Hall–Kier alpha value is -2.75. The average Bonchev–Trinajstić information content (AvgIpc) is 3.05. The molecule has 0 spiro atoms.